The summed E-state index contributed by atoms with van der Waals surface area (Å²) in [5.41, 5.74) is 2.31. The molecule has 0 bridgehead atoms. The number of rotatable bonds is 6. The van der Waals surface area contributed by atoms with Crippen LogP contribution in [0.25, 0.3) is 22.0 Å². The number of nitrogens with one attached hydrogen (secondary N) is 1. The molecule has 180 valence electrons. The molecule has 0 fully saturated rings. The molecule has 35 heavy (non-hydrogen) atoms. The molecule has 2 aromatic heterocycles. The average Bonchev–Trinajstić information content (AvgIpc) is 3.36. The lowest BCUT2D eigenvalue weighted by Crippen LogP contribution is -2.13. The minimum absolute atomic E-state index is 0.105. The van der Waals surface area contributed by atoms with E-state index in [0.29, 0.717) is 23.0 Å². The summed E-state index contributed by atoms with van der Waals surface area (Å²) in [6.07, 6.45) is 4.19. The first-order valence-electron chi connectivity index (χ1n) is 11.8. The maximum Gasteiger partial charge on any atom is 0.267 e. The fourth-order valence-electron chi connectivity index (χ4n) is 4.23. The molecule has 0 saturated carbocycles. The van der Waals surface area contributed by atoms with Gasteiger partial charge in [0.25, 0.3) is 5.91 Å². The Morgan fingerprint density at radius 1 is 1.11 bits per heavy atom. The summed E-state index contributed by atoms with van der Waals surface area (Å²) >= 11 is 1.28. The number of halogens is 1. The number of anilines is 1. The maximum atomic E-state index is 14.7. The van der Waals surface area contributed by atoms with Crippen molar-refractivity contribution in [2.24, 2.45) is 0 Å². The second-order valence-corrected chi connectivity index (χ2v) is 9.44. The smallest absolute Gasteiger partial charge is 0.267 e. The highest BCUT2D eigenvalue weighted by Gasteiger charge is 2.20. The molecule has 1 aliphatic heterocycles. The van der Waals surface area contributed by atoms with E-state index < -0.39 is 11.7 Å². The fourth-order valence-corrected chi connectivity index (χ4v) is 5.20. The van der Waals surface area contributed by atoms with E-state index in [9.17, 15) is 9.18 Å². The number of amides is 1. The van der Waals surface area contributed by atoms with Gasteiger partial charge in [0.05, 0.1) is 18.0 Å². The van der Waals surface area contributed by atoms with Gasteiger partial charge in [0.2, 0.25) is 0 Å². The predicted octanol–water partition coefficient (Wildman–Crippen LogP) is 5.89. The molecule has 0 atom stereocenters. The molecule has 3 heterocycles. The standard InChI is InChI=1S/C26H26FN5O2S/c1-3-34-19-11-8-17(9-12-19)26-28-16(2)23(35-26)25(33)29-21-15-18(10-13-20(21)27)24-31-30-22-7-5-4-6-14-32(22)24/h8-13,15H,3-7,14H2,1-2H3,(H,29,33). The molecular weight excluding hydrogens is 465 g/mol. The number of carbonyl (C=O) groups excluding carboxylic acids is 1. The Balaban J connectivity index is 1.38. The summed E-state index contributed by atoms with van der Waals surface area (Å²) in [7, 11) is 0. The van der Waals surface area contributed by atoms with E-state index in [4.69, 9.17) is 4.74 Å². The molecule has 0 unspecified atom stereocenters. The zero-order valence-electron chi connectivity index (χ0n) is 19.7. The lowest BCUT2D eigenvalue weighted by Gasteiger charge is -2.10. The largest absolute Gasteiger partial charge is 0.494 e. The Labute approximate surface area is 207 Å². The van der Waals surface area contributed by atoms with Gasteiger partial charge in [-0.2, -0.15) is 0 Å². The van der Waals surface area contributed by atoms with Gasteiger partial charge in [-0.3, -0.25) is 4.79 Å². The van der Waals surface area contributed by atoms with E-state index in [1.165, 1.54) is 17.4 Å². The van der Waals surface area contributed by atoms with Gasteiger partial charge in [-0.25, -0.2) is 9.37 Å². The predicted molar refractivity (Wildman–Crippen MR) is 134 cm³/mol. The molecule has 4 aromatic rings. The average molecular weight is 492 g/mol. The van der Waals surface area contributed by atoms with Gasteiger partial charge in [-0.15, -0.1) is 21.5 Å². The zero-order chi connectivity index (χ0) is 24.4. The summed E-state index contributed by atoms with van der Waals surface area (Å²) in [4.78, 5) is 18.1. The van der Waals surface area contributed by atoms with Gasteiger partial charge >= 0.3 is 0 Å². The van der Waals surface area contributed by atoms with Gasteiger partial charge < -0.3 is 14.6 Å². The first-order valence-corrected chi connectivity index (χ1v) is 12.6. The minimum Gasteiger partial charge on any atom is -0.494 e. The summed E-state index contributed by atoms with van der Waals surface area (Å²) < 4.78 is 22.3. The molecular formula is C26H26FN5O2S. The van der Waals surface area contributed by atoms with Crippen LogP contribution >= 0.6 is 11.3 Å². The molecule has 7 nitrogen and oxygen atoms in total. The number of aromatic nitrogens is 4. The Morgan fingerprint density at radius 3 is 2.71 bits per heavy atom. The van der Waals surface area contributed by atoms with Crippen molar-refractivity contribution in [3.05, 3.63) is 64.7 Å². The number of fused-ring (bicyclic) bond motifs is 1. The van der Waals surface area contributed by atoms with Crippen molar-refractivity contribution in [1.29, 1.82) is 0 Å². The van der Waals surface area contributed by atoms with Crippen LogP contribution in [0.4, 0.5) is 10.1 Å². The lowest BCUT2D eigenvalue weighted by atomic mass is 10.1. The van der Waals surface area contributed by atoms with Gasteiger partial charge in [0.15, 0.2) is 5.82 Å². The van der Waals surface area contributed by atoms with Gasteiger partial charge in [0.1, 0.15) is 27.3 Å². The van der Waals surface area contributed by atoms with Crippen LogP contribution in [0.2, 0.25) is 0 Å². The topological polar surface area (TPSA) is 81.9 Å². The lowest BCUT2D eigenvalue weighted by molar-refractivity contribution is 0.102. The van der Waals surface area contributed by atoms with Crippen LogP contribution in [-0.2, 0) is 13.0 Å². The third kappa shape index (κ3) is 4.81. The highest BCUT2D eigenvalue weighted by molar-refractivity contribution is 7.17. The van der Waals surface area contributed by atoms with Crippen LogP contribution in [0.3, 0.4) is 0 Å². The number of benzene rings is 2. The van der Waals surface area contributed by atoms with Gasteiger partial charge in [0, 0.05) is 24.1 Å². The first kappa shape index (κ1) is 23.2. The van der Waals surface area contributed by atoms with Crippen molar-refractivity contribution in [3.8, 4) is 27.7 Å². The van der Waals surface area contributed by atoms with Crippen molar-refractivity contribution >= 4 is 22.9 Å². The Hall–Kier alpha value is -3.59. The van der Waals surface area contributed by atoms with Crippen molar-refractivity contribution in [1.82, 2.24) is 19.7 Å². The van der Waals surface area contributed by atoms with Crippen LogP contribution in [0.15, 0.2) is 42.5 Å². The van der Waals surface area contributed by atoms with Crippen molar-refractivity contribution in [3.63, 3.8) is 0 Å². The third-order valence-corrected chi connectivity index (χ3v) is 7.20. The summed E-state index contributed by atoms with van der Waals surface area (Å²) in [6, 6.07) is 12.2. The van der Waals surface area contributed by atoms with Crippen molar-refractivity contribution in [2.75, 3.05) is 11.9 Å². The number of thiazole rings is 1. The fraction of sp³-hybridized carbons (Fsp3) is 0.308. The number of aryl methyl sites for hydroxylation is 2. The molecule has 1 amide bonds. The van der Waals surface area contributed by atoms with E-state index in [-0.39, 0.29) is 5.69 Å². The van der Waals surface area contributed by atoms with Crippen LogP contribution < -0.4 is 10.1 Å². The molecule has 0 radical (unpaired) electrons. The van der Waals surface area contributed by atoms with E-state index in [2.05, 4.69) is 25.1 Å². The number of ether oxygens (including phenoxy) is 1. The third-order valence-electron chi connectivity index (χ3n) is 6.00. The van der Waals surface area contributed by atoms with Crippen LogP contribution in [0.1, 0.15) is 47.4 Å². The Kier molecular flexibility index (Phi) is 6.59. The highest BCUT2D eigenvalue weighted by Crippen LogP contribution is 2.31. The summed E-state index contributed by atoms with van der Waals surface area (Å²) in [5, 5.41) is 12.1. The van der Waals surface area contributed by atoms with Crippen molar-refractivity contribution < 1.29 is 13.9 Å². The first-order chi connectivity index (χ1) is 17.0. The molecule has 9 heteroatoms. The molecule has 1 aliphatic rings. The number of hydrogen-bond donors (Lipinski definition) is 1. The minimum atomic E-state index is -0.508. The molecule has 1 N–H and O–H groups in total. The Bertz CT molecular complexity index is 1360. The second-order valence-electron chi connectivity index (χ2n) is 8.44. The monoisotopic (exact) mass is 491 g/mol. The van der Waals surface area contributed by atoms with Gasteiger partial charge in [-0.05, 0) is 69.2 Å². The molecule has 0 spiro atoms. The summed E-state index contributed by atoms with van der Waals surface area (Å²) in [5.74, 6) is 1.53. The quantitative estimate of drug-likeness (QED) is 0.363. The van der Waals surface area contributed by atoms with E-state index in [1.807, 2.05) is 31.2 Å². The Morgan fingerprint density at radius 2 is 1.91 bits per heavy atom. The van der Waals surface area contributed by atoms with Gasteiger partial charge in [-0.1, -0.05) is 6.42 Å². The number of hydrogen-bond acceptors (Lipinski definition) is 6. The molecule has 5 rings (SSSR count). The number of nitrogens with zero attached hydrogens (tertiary/aromatic N) is 4. The maximum absolute atomic E-state index is 14.7. The van der Waals surface area contributed by atoms with Crippen LogP contribution in [-0.4, -0.2) is 32.3 Å². The highest BCUT2D eigenvalue weighted by atomic mass is 32.1. The number of carbonyl (C=O) groups is 1. The molecule has 0 aliphatic carbocycles. The zero-order valence-corrected chi connectivity index (χ0v) is 20.5. The van der Waals surface area contributed by atoms with Crippen molar-refractivity contribution in [2.45, 2.75) is 46.1 Å². The SMILES string of the molecule is CCOc1ccc(-c2nc(C)c(C(=O)Nc3cc(-c4nnc5n4CCCCC5)ccc3F)s2)cc1. The second kappa shape index (κ2) is 9.95. The summed E-state index contributed by atoms with van der Waals surface area (Å²) in [6.45, 7) is 5.15. The van der Waals surface area contributed by atoms with Crippen LogP contribution in [0.5, 0.6) is 5.75 Å². The normalized spacial score (nSPS) is 13.2. The van der Waals surface area contributed by atoms with E-state index >= 15 is 0 Å². The van der Waals surface area contributed by atoms with E-state index in [0.717, 1.165) is 59.9 Å². The molecule has 2 aromatic carbocycles. The molecule has 0 saturated heterocycles. The van der Waals surface area contributed by atoms with Crippen LogP contribution in [0, 0.1) is 12.7 Å². The van der Waals surface area contributed by atoms with E-state index in [1.54, 1.807) is 19.1 Å².